The van der Waals surface area contributed by atoms with E-state index in [9.17, 15) is 4.79 Å². The molecule has 0 radical (unpaired) electrons. The fourth-order valence-electron chi connectivity index (χ4n) is 6.57. The number of likely N-dealkylation sites (N-methyl/N-ethyl adjacent to an activating group) is 1. The summed E-state index contributed by atoms with van der Waals surface area (Å²) in [6, 6.07) is 20.4. The second-order valence-electron chi connectivity index (χ2n) is 11.8. The molecule has 5 rings (SSSR count). The number of hydrogen-bond donors (Lipinski definition) is 1. The van der Waals surface area contributed by atoms with Gasteiger partial charge in [0, 0.05) is 23.6 Å². The molecule has 2 aliphatic heterocycles. The summed E-state index contributed by atoms with van der Waals surface area (Å²) in [5.74, 6) is -0.0521. The van der Waals surface area contributed by atoms with E-state index in [1.807, 2.05) is 30.3 Å². The first kappa shape index (κ1) is 29.9. The molecule has 0 bridgehead atoms. The lowest BCUT2D eigenvalue weighted by Crippen LogP contribution is -2.63. The predicted molar refractivity (Wildman–Crippen MR) is 153 cm³/mol. The number of likely N-dealkylation sites (tertiary alicyclic amines) is 1. The molecule has 0 aliphatic carbocycles. The van der Waals surface area contributed by atoms with E-state index in [2.05, 4.69) is 5.32 Å². The number of piperidine rings is 1. The number of carbonyl (C=O) groups excluding carboxylic acids is 1. The van der Waals surface area contributed by atoms with Gasteiger partial charge in [-0.15, -0.1) is 0 Å². The molecule has 1 fully saturated rings. The lowest BCUT2D eigenvalue weighted by atomic mass is 9.72. The van der Waals surface area contributed by atoms with E-state index in [0.717, 1.165) is 5.56 Å². The molecule has 1 unspecified atom stereocenters. The number of benzene rings is 3. The van der Waals surface area contributed by atoms with E-state index in [1.54, 1.807) is 63.1 Å². The van der Waals surface area contributed by atoms with Gasteiger partial charge in [-0.25, -0.2) is 4.79 Å². The Labute approximate surface area is 244 Å². The number of methoxy groups -OCH3 is 1. The minimum atomic E-state index is -4.74. The van der Waals surface area contributed by atoms with Gasteiger partial charge in [0.1, 0.15) is 17.0 Å². The van der Waals surface area contributed by atoms with E-state index in [-0.39, 0.29) is 17.7 Å². The van der Waals surface area contributed by atoms with Crippen molar-refractivity contribution < 1.29 is 32.2 Å². The molecule has 1 amide bonds. The average Bonchev–Trinajstić information content (AvgIpc) is 3.35. The molecule has 42 heavy (non-hydrogen) atoms. The molecule has 3 aromatic carbocycles. The van der Waals surface area contributed by atoms with Crippen LogP contribution in [0.3, 0.4) is 0 Å². The summed E-state index contributed by atoms with van der Waals surface area (Å²) in [6.07, 6.45) is -4.06. The first-order chi connectivity index (χ1) is 19.9. The Morgan fingerprint density at radius 2 is 1.62 bits per heavy atom. The number of fused-ring (bicyclic) bond motifs is 1. The molecule has 0 saturated carbocycles. The van der Waals surface area contributed by atoms with Crippen molar-refractivity contribution in [2.45, 2.75) is 69.2 Å². The monoisotopic (exact) mass is 582 g/mol. The number of ether oxygens (including phenoxy) is 3. The minimum absolute atomic E-state index is 0.00864. The van der Waals surface area contributed by atoms with Gasteiger partial charge in [0.15, 0.2) is 0 Å². The van der Waals surface area contributed by atoms with Gasteiger partial charge in [-0.1, -0.05) is 60.7 Å². The first-order valence-corrected chi connectivity index (χ1v) is 14.1. The Morgan fingerprint density at radius 1 is 1.00 bits per heavy atom. The third kappa shape index (κ3) is 4.82. The molecule has 1 N–H and O–H groups in total. The molecular weight excluding hydrogens is 545 g/mol. The molecule has 2 aliphatic rings. The van der Waals surface area contributed by atoms with Crippen LogP contribution >= 0.6 is 0 Å². The number of alkyl halides is 3. The SMILES string of the molecule is CN[C@@]1(c2ccccc2)[C@H](c2cc3c(cc2OC)COC3(c2ccccc2)C(F)(F)F)CCCN1C(=O)OC(C)(C)C. The molecule has 0 aromatic heterocycles. The van der Waals surface area contributed by atoms with Crippen LogP contribution in [0, 0.1) is 0 Å². The zero-order valence-corrected chi connectivity index (χ0v) is 24.5. The highest BCUT2D eigenvalue weighted by molar-refractivity contribution is 5.70. The van der Waals surface area contributed by atoms with Crippen molar-refractivity contribution in [1.82, 2.24) is 10.2 Å². The summed E-state index contributed by atoms with van der Waals surface area (Å²) in [5.41, 5.74) is -2.74. The highest BCUT2D eigenvalue weighted by Crippen LogP contribution is 2.56. The molecule has 224 valence electrons. The molecular formula is C33H37F3N2O4. The fourth-order valence-corrected chi connectivity index (χ4v) is 6.57. The summed E-state index contributed by atoms with van der Waals surface area (Å²) >= 11 is 0. The molecule has 0 spiro atoms. The van der Waals surface area contributed by atoms with Crippen molar-refractivity contribution in [2.24, 2.45) is 0 Å². The maximum Gasteiger partial charge on any atom is 0.426 e. The molecule has 9 heteroatoms. The van der Waals surface area contributed by atoms with Crippen LogP contribution in [0.25, 0.3) is 0 Å². The van der Waals surface area contributed by atoms with Crippen LogP contribution in [-0.4, -0.2) is 43.5 Å². The maximum atomic E-state index is 15.1. The summed E-state index contributed by atoms with van der Waals surface area (Å²) in [4.78, 5) is 15.4. The van der Waals surface area contributed by atoms with Crippen LogP contribution in [0.2, 0.25) is 0 Å². The number of nitrogens with one attached hydrogen (secondary N) is 1. The van der Waals surface area contributed by atoms with E-state index in [4.69, 9.17) is 14.2 Å². The lowest BCUT2D eigenvalue weighted by molar-refractivity contribution is -0.262. The molecule has 3 atom stereocenters. The predicted octanol–water partition coefficient (Wildman–Crippen LogP) is 7.22. The number of nitrogens with zero attached hydrogens (tertiary/aromatic N) is 1. The third-order valence-electron chi connectivity index (χ3n) is 8.25. The highest BCUT2D eigenvalue weighted by atomic mass is 19.4. The summed E-state index contributed by atoms with van der Waals surface area (Å²) in [5, 5.41) is 3.42. The van der Waals surface area contributed by atoms with Crippen LogP contribution < -0.4 is 10.1 Å². The van der Waals surface area contributed by atoms with Crippen LogP contribution in [0.1, 0.15) is 67.3 Å². The Hall–Kier alpha value is -3.56. The molecule has 6 nitrogen and oxygen atoms in total. The van der Waals surface area contributed by atoms with Crippen molar-refractivity contribution in [3.63, 3.8) is 0 Å². The Kier molecular flexibility index (Phi) is 7.79. The topological polar surface area (TPSA) is 60.0 Å². The largest absolute Gasteiger partial charge is 0.496 e. The summed E-state index contributed by atoms with van der Waals surface area (Å²) in [6.45, 7) is 5.60. The second-order valence-corrected chi connectivity index (χ2v) is 11.8. The molecule has 1 saturated heterocycles. The second kappa shape index (κ2) is 10.9. The van der Waals surface area contributed by atoms with Crippen molar-refractivity contribution in [3.05, 3.63) is 101 Å². The fraction of sp³-hybridized carbons (Fsp3) is 0.424. The van der Waals surface area contributed by atoms with E-state index in [1.165, 1.54) is 19.2 Å². The van der Waals surface area contributed by atoms with Gasteiger partial charge >= 0.3 is 12.3 Å². The van der Waals surface area contributed by atoms with Gasteiger partial charge in [0.05, 0.1) is 13.7 Å². The van der Waals surface area contributed by atoms with Crippen molar-refractivity contribution >= 4 is 6.09 Å². The zero-order chi connectivity index (χ0) is 30.3. The van der Waals surface area contributed by atoms with E-state index < -0.39 is 35.1 Å². The maximum absolute atomic E-state index is 15.1. The van der Waals surface area contributed by atoms with Crippen LogP contribution in [0.5, 0.6) is 5.75 Å². The third-order valence-corrected chi connectivity index (χ3v) is 8.25. The summed E-state index contributed by atoms with van der Waals surface area (Å²) < 4.78 is 62.7. The van der Waals surface area contributed by atoms with Gasteiger partial charge in [0.2, 0.25) is 5.60 Å². The van der Waals surface area contributed by atoms with Gasteiger partial charge in [-0.05, 0) is 69.5 Å². The van der Waals surface area contributed by atoms with Crippen molar-refractivity contribution in [2.75, 3.05) is 20.7 Å². The van der Waals surface area contributed by atoms with Crippen molar-refractivity contribution in [3.8, 4) is 5.75 Å². The number of carbonyl (C=O) groups is 1. The summed E-state index contributed by atoms with van der Waals surface area (Å²) in [7, 11) is 3.27. The van der Waals surface area contributed by atoms with Gasteiger partial charge in [-0.2, -0.15) is 13.2 Å². The smallest absolute Gasteiger partial charge is 0.426 e. The van der Waals surface area contributed by atoms with Crippen LogP contribution in [0.15, 0.2) is 72.8 Å². The number of rotatable bonds is 5. The van der Waals surface area contributed by atoms with Crippen LogP contribution in [0.4, 0.5) is 18.0 Å². The Balaban J connectivity index is 1.76. The lowest BCUT2D eigenvalue weighted by Gasteiger charge is -2.52. The first-order valence-electron chi connectivity index (χ1n) is 14.1. The molecule has 3 aromatic rings. The van der Waals surface area contributed by atoms with E-state index >= 15 is 13.2 Å². The number of amides is 1. The standard InChI is InChI=1S/C33H37F3N2O4/c1-30(2,3)42-29(39)38-18-12-17-26(32(38,37-4)24-15-10-7-11-16-24)25-20-27-22(19-28(25)40-5)21-41-31(27,33(34,35)36)23-13-8-6-9-14-23/h6-11,13-16,19-20,26,37H,12,17-18,21H2,1-5H3/t26-,31?,32+/m0/s1. The zero-order valence-electron chi connectivity index (χ0n) is 24.5. The number of hydrogen-bond acceptors (Lipinski definition) is 5. The average molecular weight is 583 g/mol. The van der Waals surface area contributed by atoms with Crippen LogP contribution in [-0.2, 0) is 27.3 Å². The molecule has 2 heterocycles. The van der Waals surface area contributed by atoms with Crippen molar-refractivity contribution in [1.29, 1.82) is 0 Å². The number of halogens is 3. The van der Waals surface area contributed by atoms with Gasteiger partial charge in [-0.3, -0.25) is 10.2 Å². The normalized spacial score (nSPS) is 24.3. The van der Waals surface area contributed by atoms with E-state index in [0.29, 0.717) is 36.3 Å². The highest BCUT2D eigenvalue weighted by Gasteiger charge is 2.62. The van der Waals surface area contributed by atoms with Gasteiger partial charge in [0.25, 0.3) is 0 Å². The quantitative estimate of drug-likeness (QED) is 0.344. The minimum Gasteiger partial charge on any atom is -0.496 e. The Morgan fingerprint density at radius 3 is 2.17 bits per heavy atom. The van der Waals surface area contributed by atoms with Gasteiger partial charge < -0.3 is 14.2 Å². The Bertz CT molecular complexity index is 1420.